The predicted octanol–water partition coefficient (Wildman–Crippen LogP) is 2.51. The first-order valence-corrected chi connectivity index (χ1v) is 6.23. The summed E-state index contributed by atoms with van der Waals surface area (Å²) >= 11 is 0. The molecule has 0 aromatic heterocycles. The van der Waals surface area contributed by atoms with E-state index in [-0.39, 0.29) is 6.04 Å². The van der Waals surface area contributed by atoms with E-state index in [9.17, 15) is 0 Å². The van der Waals surface area contributed by atoms with E-state index in [0.717, 1.165) is 25.9 Å². The SMILES string of the molecule is C#CC(CC)NCCCN(C)c1ccccc1. The highest BCUT2D eigenvalue weighted by molar-refractivity contribution is 5.44. The summed E-state index contributed by atoms with van der Waals surface area (Å²) in [4.78, 5) is 2.26. The molecular formula is C15H22N2. The molecule has 1 atom stereocenters. The summed E-state index contributed by atoms with van der Waals surface area (Å²) in [5.41, 5.74) is 1.26. The molecule has 0 bridgehead atoms. The average molecular weight is 230 g/mol. The Hall–Kier alpha value is -1.46. The molecule has 17 heavy (non-hydrogen) atoms. The number of nitrogens with one attached hydrogen (secondary N) is 1. The van der Waals surface area contributed by atoms with E-state index in [4.69, 9.17) is 6.42 Å². The zero-order chi connectivity index (χ0) is 12.5. The van der Waals surface area contributed by atoms with E-state index < -0.39 is 0 Å². The summed E-state index contributed by atoms with van der Waals surface area (Å²) in [6.45, 7) is 4.12. The van der Waals surface area contributed by atoms with Gasteiger partial charge in [0.05, 0.1) is 6.04 Å². The normalized spacial score (nSPS) is 11.8. The van der Waals surface area contributed by atoms with Gasteiger partial charge in [0.2, 0.25) is 0 Å². The molecule has 1 unspecified atom stereocenters. The maximum Gasteiger partial charge on any atom is 0.0684 e. The van der Waals surface area contributed by atoms with Crippen LogP contribution in [0.1, 0.15) is 19.8 Å². The Morgan fingerprint density at radius 1 is 1.35 bits per heavy atom. The molecule has 0 radical (unpaired) electrons. The molecule has 0 aliphatic rings. The average Bonchev–Trinajstić information content (AvgIpc) is 2.40. The molecule has 2 nitrogen and oxygen atoms in total. The Kier molecular flexibility index (Phi) is 6.21. The summed E-state index contributed by atoms with van der Waals surface area (Å²) in [6.07, 6.45) is 7.49. The lowest BCUT2D eigenvalue weighted by molar-refractivity contribution is 0.574. The minimum absolute atomic E-state index is 0.219. The van der Waals surface area contributed by atoms with E-state index in [1.807, 2.05) is 6.07 Å². The van der Waals surface area contributed by atoms with Crippen LogP contribution in [-0.4, -0.2) is 26.2 Å². The Balaban J connectivity index is 2.21. The second-order valence-corrected chi connectivity index (χ2v) is 4.19. The van der Waals surface area contributed by atoms with Crippen molar-refractivity contribution in [1.29, 1.82) is 0 Å². The molecule has 1 aromatic carbocycles. The molecule has 0 heterocycles. The molecule has 0 aliphatic carbocycles. The van der Waals surface area contributed by atoms with E-state index in [1.54, 1.807) is 0 Å². The summed E-state index contributed by atoms with van der Waals surface area (Å²) in [7, 11) is 2.12. The fourth-order valence-corrected chi connectivity index (χ4v) is 1.73. The number of terminal acetylenes is 1. The van der Waals surface area contributed by atoms with Crippen LogP contribution in [0.4, 0.5) is 5.69 Å². The van der Waals surface area contributed by atoms with E-state index in [0.29, 0.717) is 0 Å². The highest BCUT2D eigenvalue weighted by atomic mass is 15.1. The highest BCUT2D eigenvalue weighted by Gasteiger charge is 2.01. The maximum atomic E-state index is 5.39. The quantitative estimate of drug-likeness (QED) is 0.572. The topological polar surface area (TPSA) is 15.3 Å². The molecule has 1 N–H and O–H groups in total. The van der Waals surface area contributed by atoms with Crippen molar-refractivity contribution in [2.24, 2.45) is 0 Å². The third-order valence-electron chi connectivity index (χ3n) is 2.87. The van der Waals surface area contributed by atoms with Gasteiger partial charge in [0, 0.05) is 19.3 Å². The summed E-state index contributed by atoms with van der Waals surface area (Å²) in [5, 5.41) is 3.36. The Morgan fingerprint density at radius 2 is 2.06 bits per heavy atom. The lowest BCUT2D eigenvalue weighted by Crippen LogP contribution is -2.30. The molecule has 0 spiro atoms. The van der Waals surface area contributed by atoms with Gasteiger partial charge in [0.1, 0.15) is 0 Å². The van der Waals surface area contributed by atoms with Crippen molar-refractivity contribution >= 4 is 5.69 Å². The third-order valence-corrected chi connectivity index (χ3v) is 2.87. The van der Waals surface area contributed by atoms with Crippen LogP contribution in [0.15, 0.2) is 30.3 Å². The van der Waals surface area contributed by atoms with Crippen LogP contribution in [-0.2, 0) is 0 Å². The standard InChI is InChI=1S/C15H22N2/c1-4-14(5-2)16-12-9-13-17(3)15-10-7-6-8-11-15/h1,6-8,10-11,14,16H,5,9,12-13H2,2-3H3. The van der Waals surface area contributed by atoms with Gasteiger partial charge in [-0.3, -0.25) is 0 Å². The number of benzene rings is 1. The summed E-state index contributed by atoms with van der Waals surface area (Å²) < 4.78 is 0. The van der Waals surface area contributed by atoms with Gasteiger partial charge in [-0.15, -0.1) is 6.42 Å². The molecule has 1 rings (SSSR count). The number of para-hydroxylation sites is 1. The van der Waals surface area contributed by atoms with Crippen LogP contribution in [0.25, 0.3) is 0 Å². The van der Waals surface area contributed by atoms with Crippen molar-refractivity contribution in [2.75, 3.05) is 25.0 Å². The van der Waals surface area contributed by atoms with Crippen LogP contribution >= 0.6 is 0 Å². The molecule has 0 aliphatic heterocycles. The largest absolute Gasteiger partial charge is 0.375 e. The van der Waals surface area contributed by atoms with E-state index in [2.05, 4.69) is 54.4 Å². The molecule has 92 valence electrons. The van der Waals surface area contributed by atoms with Crippen molar-refractivity contribution in [1.82, 2.24) is 5.32 Å². The lowest BCUT2D eigenvalue weighted by atomic mass is 10.2. The first-order valence-electron chi connectivity index (χ1n) is 6.23. The van der Waals surface area contributed by atoms with Crippen molar-refractivity contribution < 1.29 is 0 Å². The minimum Gasteiger partial charge on any atom is -0.375 e. The smallest absolute Gasteiger partial charge is 0.0684 e. The Labute approximate surface area is 105 Å². The van der Waals surface area contributed by atoms with Gasteiger partial charge in [-0.2, -0.15) is 0 Å². The molecule has 2 heteroatoms. The van der Waals surface area contributed by atoms with Gasteiger partial charge in [0.15, 0.2) is 0 Å². The first kappa shape index (κ1) is 13.6. The fourth-order valence-electron chi connectivity index (χ4n) is 1.73. The van der Waals surface area contributed by atoms with Crippen LogP contribution in [0.3, 0.4) is 0 Å². The zero-order valence-electron chi connectivity index (χ0n) is 10.8. The minimum atomic E-state index is 0.219. The fraction of sp³-hybridized carbons (Fsp3) is 0.467. The Morgan fingerprint density at radius 3 is 2.65 bits per heavy atom. The number of hydrogen-bond acceptors (Lipinski definition) is 2. The van der Waals surface area contributed by atoms with Gasteiger partial charge in [-0.05, 0) is 31.5 Å². The monoisotopic (exact) mass is 230 g/mol. The van der Waals surface area contributed by atoms with Crippen molar-refractivity contribution in [3.63, 3.8) is 0 Å². The van der Waals surface area contributed by atoms with Crippen molar-refractivity contribution in [3.05, 3.63) is 30.3 Å². The zero-order valence-corrected chi connectivity index (χ0v) is 10.8. The van der Waals surface area contributed by atoms with Gasteiger partial charge >= 0.3 is 0 Å². The number of rotatable bonds is 7. The van der Waals surface area contributed by atoms with Crippen LogP contribution in [0, 0.1) is 12.3 Å². The molecular weight excluding hydrogens is 208 g/mol. The van der Waals surface area contributed by atoms with Crippen molar-refractivity contribution in [3.8, 4) is 12.3 Å². The second-order valence-electron chi connectivity index (χ2n) is 4.19. The van der Waals surface area contributed by atoms with Crippen LogP contribution in [0.2, 0.25) is 0 Å². The molecule has 0 saturated heterocycles. The van der Waals surface area contributed by atoms with Gasteiger partial charge in [0.25, 0.3) is 0 Å². The van der Waals surface area contributed by atoms with Crippen molar-refractivity contribution in [2.45, 2.75) is 25.8 Å². The predicted molar refractivity (Wildman–Crippen MR) is 75.2 cm³/mol. The third kappa shape index (κ3) is 4.93. The Bertz CT molecular complexity index is 340. The number of anilines is 1. The molecule has 0 saturated carbocycles. The van der Waals surface area contributed by atoms with Crippen LogP contribution in [0.5, 0.6) is 0 Å². The van der Waals surface area contributed by atoms with E-state index >= 15 is 0 Å². The van der Waals surface area contributed by atoms with Crippen LogP contribution < -0.4 is 10.2 Å². The molecule has 1 aromatic rings. The highest BCUT2D eigenvalue weighted by Crippen LogP contribution is 2.10. The van der Waals surface area contributed by atoms with Gasteiger partial charge < -0.3 is 10.2 Å². The molecule has 0 amide bonds. The number of hydrogen-bond donors (Lipinski definition) is 1. The summed E-state index contributed by atoms with van der Waals surface area (Å²) in [6, 6.07) is 10.6. The summed E-state index contributed by atoms with van der Waals surface area (Å²) in [5.74, 6) is 2.75. The lowest BCUT2D eigenvalue weighted by Gasteiger charge is -2.19. The molecule has 0 fully saturated rings. The van der Waals surface area contributed by atoms with E-state index in [1.165, 1.54) is 5.69 Å². The number of nitrogens with zero attached hydrogens (tertiary/aromatic N) is 1. The van der Waals surface area contributed by atoms with Gasteiger partial charge in [-0.25, -0.2) is 0 Å². The second kappa shape index (κ2) is 7.76. The first-order chi connectivity index (χ1) is 8.27. The van der Waals surface area contributed by atoms with Gasteiger partial charge in [-0.1, -0.05) is 31.0 Å². The maximum absolute atomic E-state index is 5.39.